The van der Waals surface area contributed by atoms with E-state index in [1.807, 2.05) is 30.3 Å². The smallest absolute Gasteiger partial charge is 0.276 e. The molecule has 0 unspecified atom stereocenters. The monoisotopic (exact) mass is 445 g/mol. The molecule has 7 nitrogen and oxygen atoms in total. The molecule has 0 radical (unpaired) electrons. The standard InChI is InChI=1S/C26H23NO6/c28-22-10-6-19(7-11-22)8-12-23(29)17-24(30)13-9-21-16-25(14-15-26(21)27(31)32)33-18-20-4-2-1-3-5-20/h1-7,9-11,13-16,28H,8,12,17-18H2. The van der Waals surface area contributed by atoms with Crippen molar-refractivity contribution in [3.8, 4) is 11.5 Å². The normalized spacial score (nSPS) is 10.8. The van der Waals surface area contributed by atoms with Crippen molar-refractivity contribution in [1.29, 1.82) is 0 Å². The number of carbonyl (C=O) groups excluding carboxylic acids is 2. The second kappa shape index (κ2) is 11.4. The molecule has 0 aliphatic rings. The molecule has 3 aromatic carbocycles. The average molecular weight is 445 g/mol. The Kier molecular flexibility index (Phi) is 8.07. The number of nitrogens with zero attached hydrogens (tertiary/aromatic N) is 1. The molecule has 7 heteroatoms. The van der Waals surface area contributed by atoms with E-state index in [-0.39, 0.29) is 35.6 Å². The number of ether oxygens (including phenoxy) is 1. The largest absolute Gasteiger partial charge is 0.508 e. The fourth-order valence-electron chi connectivity index (χ4n) is 3.13. The van der Waals surface area contributed by atoms with E-state index in [0.29, 0.717) is 18.8 Å². The Balaban J connectivity index is 1.60. The van der Waals surface area contributed by atoms with Crippen LogP contribution in [0.5, 0.6) is 11.5 Å². The lowest BCUT2D eigenvalue weighted by molar-refractivity contribution is -0.385. The Morgan fingerprint density at radius 1 is 0.970 bits per heavy atom. The van der Waals surface area contributed by atoms with Gasteiger partial charge in [0.15, 0.2) is 5.78 Å². The number of nitro groups is 1. The Hall–Kier alpha value is -4.26. The van der Waals surface area contributed by atoms with Crippen LogP contribution in [0, 0.1) is 10.1 Å². The first-order valence-electron chi connectivity index (χ1n) is 10.4. The van der Waals surface area contributed by atoms with Gasteiger partial charge in [0.25, 0.3) is 5.69 Å². The topological polar surface area (TPSA) is 107 Å². The zero-order chi connectivity index (χ0) is 23.6. The van der Waals surface area contributed by atoms with Crippen LogP contribution < -0.4 is 4.74 Å². The summed E-state index contributed by atoms with van der Waals surface area (Å²) in [5.41, 5.74) is 1.89. The SMILES string of the molecule is O=C(C=Cc1cc(OCc2ccccc2)ccc1[N+](=O)[O-])CC(=O)CCc1ccc(O)cc1. The van der Waals surface area contributed by atoms with E-state index in [4.69, 9.17) is 4.74 Å². The zero-order valence-electron chi connectivity index (χ0n) is 17.8. The van der Waals surface area contributed by atoms with Gasteiger partial charge < -0.3 is 9.84 Å². The average Bonchev–Trinajstić information content (AvgIpc) is 2.81. The molecule has 1 N–H and O–H groups in total. The molecule has 0 amide bonds. The fraction of sp³-hybridized carbons (Fsp3) is 0.154. The number of aryl methyl sites for hydroxylation is 1. The molecule has 0 aliphatic carbocycles. The molecule has 0 saturated heterocycles. The molecule has 0 aromatic heterocycles. The minimum atomic E-state index is -0.534. The van der Waals surface area contributed by atoms with E-state index in [9.17, 15) is 24.8 Å². The molecule has 3 rings (SSSR count). The predicted octanol–water partition coefficient (Wildman–Crippen LogP) is 5.05. The first-order chi connectivity index (χ1) is 15.9. The number of nitro benzene ring substituents is 1. The van der Waals surface area contributed by atoms with E-state index in [1.165, 1.54) is 42.5 Å². The molecule has 3 aromatic rings. The van der Waals surface area contributed by atoms with Crippen molar-refractivity contribution in [2.45, 2.75) is 25.9 Å². The van der Waals surface area contributed by atoms with Gasteiger partial charge >= 0.3 is 0 Å². The molecular formula is C26H23NO6. The van der Waals surface area contributed by atoms with Gasteiger partial charge in [-0.2, -0.15) is 0 Å². The maximum absolute atomic E-state index is 12.2. The lowest BCUT2D eigenvalue weighted by Crippen LogP contribution is -2.06. The number of phenols is 1. The van der Waals surface area contributed by atoms with Gasteiger partial charge in [0, 0.05) is 12.5 Å². The summed E-state index contributed by atoms with van der Waals surface area (Å²) in [6, 6.07) is 20.3. The highest BCUT2D eigenvalue weighted by atomic mass is 16.6. The molecule has 0 aliphatic heterocycles. The number of aromatic hydroxyl groups is 1. The maximum Gasteiger partial charge on any atom is 0.276 e. The highest BCUT2D eigenvalue weighted by molar-refractivity contribution is 6.06. The van der Waals surface area contributed by atoms with Gasteiger partial charge in [0.1, 0.15) is 23.9 Å². The summed E-state index contributed by atoms with van der Waals surface area (Å²) in [6.45, 7) is 0.302. The molecule has 0 atom stereocenters. The predicted molar refractivity (Wildman–Crippen MR) is 124 cm³/mol. The molecule has 0 heterocycles. The Labute approximate surface area is 191 Å². The summed E-state index contributed by atoms with van der Waals surface area (Å²) < 4.78 is 5.71. The van der Waals surface area contributed by atoms with E-state index in [2.05, 4.69) is 0 Å². The van der Waals surface area contributed by atoms with Crippen LogP contribution >= 0.6 is 0 Å². The number of Topliss-reactive ketones (excluding diaryl/α,β-unsaturated/α-hetero) is 1. The lowest BCUT2D eigenvalue weighted by Gasteiger charge is -2.07. The van der Waals surface area contributed by atoms with Crippen LogP contribution in [0.25, 0.3) is 6.08 Å². The van der Waals surface area contributed by atoms with E-state index in [1.54, 1.807) is 12.1 Å². The number of allylic oxidation sites excluding steroid dienone is 1. The summed E-state index contributed by atoms with van der Waals surface area (Å²) in [5.74, 6) is -0.0849. The van der Waals surface area contributed by atoms with Crippen molar-refractivity contribution in [3.05, 3.63) is 106 Å². The van der Waals surface area contributed by atoms with Crippen molar-refractivity contribution in [2.75, 3.05) is 0 Å². The second-order valence-corrected chi connectivity index (χ2v) is 7.43. The van der Waals surface area contributed by atoms with E-state index < -0.39 is 10.7 Å². The zero-order valence-corrected chi connectivity index (χ0v) is 17.8. The van der Waals surface area contributed by atoms with Gasteiger partial charge in [-0.15, -0.1) is 0 Å². The number of benzene rings is 3. The number of ketones is 2. The minimum absolute atomic E-state index is 0.147. The van der Waals surface area contributed by atoms with Gasteiger partial charge in [-0.3, -0.25) is 19.7 Å². The lowest BCUT2D eigenvalue weighted by atomic mass is 10.0. The van der Waals surface area contributed by atoms with Gasteiger partial charge in [-0.05, 0) is 54.0 Å². The molecule has 0 spiro atoms. The van der Waals surface area contributed by atoms with Crippen molar-refractivity contribution >= 4 is 23.3 Å². The first-order valence-corrected chi connectivity index (χ1v) is 10.4. The number of rotatable bonds is 11. The third-order valence-corrected chi connectivity index (χ3v) is 4.89. The van der Waals surface area contributed by atoms with Crippen LogP contribution in [0.1, 0.15) is 29.5 Å². The highest BCUT2D eigenvalue weighted by Gasteiger charge is 2.14. The summed E-state index contributed by atoms with van der Waals surface area (Å²) in [5, 5.41) is 20.6. The molecule has 0 saturated carbocycles. The molecular weight excluding hydrogens is 422 g/mol. The van der Waals surface area contributed by atoms with Crippen molar-refractivity contribution in [1.82, 2.24) is 0 Å². The van der Waals surface area contributed by atoms with Gasteiger partial charge in [0.05, 0.1) is 16.9 Å². The van der Waals surface area contributed by atoms with Crippen LogP contribution in [0.15, 0.2) is 78.9 Å². The quantitative estimate of drug-likeness (QED) is 0.191. The summed E-state index contributed by atoms with van der Waals surface area (Å²) in [4.78, 5) is 35.2. The summed E-state index contributed by atoms with van der Waals surface area (Å²) in [7, 11) is 0. The molecule has 168 valence electrons. The van der Waals surface area contributed by atoms with Crippen LogP contribution in [0.2, 0.25) is 0 Å². The Bertz CT molecular complexity index is 1150. The third-order valence-electron chi connectivity index (χ3n) is 4.89. The van der Waals surface area contributed by atoms with Crippen LogP contribution in [-0.2, 0) is 22.6 Å². The first kappa shape index (κ1) is 23.4. The van der Waals surface area contributed by atoms with E-state index >= 15 is 0 Å². The van der Waals surface area contributed by atoms with Gasteiger partial charge in [-0.1, -0.05) is 42.5 Å². The third kappa shape index (κ3) is 7.43. The Morgan fingerprint density at radius 2 is 1.70 bits per heavy atom. The Morgan fingerprint density at radius 3 is 2.39 bits per heavy atom. The maximum atomic E-state index is 12.2. The van der Waals surface area contributed by atoms with Crippen molar-refractivity contribution < 1.29 is 24.4 Å². The van der Waals surface area contributed by atoms with Gasteiger partial charge in [-0.25, -0.2) is 0 Å². The van der Waals surface area contributed by atoms with Crippen LogP contribution in [0.3, 0.4) is 0 Å². The number of hydrogen-bond donors (Lipinski definition) is 1. The summed E-state index contributed by atoms with van der Waals surface area (Å²) >= 11 is 0. The van der Waals surface area contributed by atoms with Crippen LogP contribution in [-0.4, -0.2) is 21.6 Å². The highest BCUT2D eigenvalue weighted by Crippen LogP contribution is 2.26. The van der Waals surface area contributed by atoms with Gasteiger partial charge in [0.2, 0.25) is 0 Å². The van der Waals surface area contributed by atoms with Crippen molar-refractivity contribution in [3.63, 3.8) is 0 Å². The molecule has 33 heavy (non-hydrogen) atoms. The minimum Gasteiger partial charge on any atom is -0.508 e. The molecule has 0 fully saturated rings. The van der Waals surface area contributed by atoms with Crippen LogP contribution in [0.4, 0.5) is 5.69 Å². The number of hydrogen-bond acceptors (Lipinski definition) is 6. The van der Waals surface area contributed by atoms with Crippen molar-refractivity contribution in [2.24, 2.45) is 0 Å². The number of carbonyl (C=O) groups is 2. The molecule has 0 bridgehead atoms. The second-order valence-electron chi connectivity index (χ2n) is 7.43. The van der Waals surface area contributed by atoms with E-state index in [0.717, 1.165) is 11.1 Å². The fourth-order valence-corrected chi connectivity index (χ4v) is 3.13. The summed E-state index contributed by atoms with van der Waals surface area (Å²) in [6.07, 6.45) is 2.88. The number of phenolic OH excluding ortho intramolecular Hbond substituents is 1.